The average Bonchev–Trinajstić information content (AvgIpc) is 2.83. The Morgan fingerprint density at radius 2 is 2.05 bits per heavy atom. The van der Waals surface area contributed by atoms with Gasteiger partial charge in [0, 0.05) is 6.07 Å². The Bertz CT molecular complexity index is 673. The zero-order valence-corrected chi connectivity index (χ0v) is 11.7. The van der Waals surface area contributed by atoms with Crippen LogP contribution in [0.3, 0.4) is 0 Å². The number of carbonyl (C=O) groups is 1. The molecule has 3 rings (SSSR count). The van der Waals surface area contributed by atoms with Gasteiger partial charge in [-0.1, -0.05) is 6.07 Å². The first-order valence-electron chi connectivity index (χ1n) is 6.43. The summed E-state index contributed by atoms with van der Waals surface area (Å²) in [5.41, 5.74) is 1.11. The van der Waals surface area contributed by atoms with Crippen LogP contribution in [0.15, 0.2) is 36.5 Å². The highest BCUT2D eigenvalue weighted by Crippen LogP contribution is 2.41. The zero-order chi connectivity index (χ0) is 14.8. The number of ether oxygens (including phenoxy) is 3. The molecule has 1 aliphatic heterocycles. The van der Waals surface area contributed by atoms with E-state index in [4.69, 9.17) is 14.2 Å². The normalized spacial score (nSPS) is 16.1. The van der Waals surface area contributed by atoms with Gasteiger partial charge in [-0.2, -0.15) is 0 Å². The Hall–Kier alpha value is -2.76. The topological polar surface area (TPSA) is 70.9 Å². The van der Waals surface area contributed by atoms with E-state index in [1.807, 2.05) is 18.2 Å². The van der Waals surface area contributed by atoms with Gasteiger partial charge in [0.2, 0.25) is 0 Å². The molecule has 0 saturated carbocycles. The molecule has 0 spiro atoms. The van der Waals surface area contributed by atoms with Crippen molar-refractivity contribution in [2.75, 3.05) is 19.5 Å². The first-order valence-corrected chi connectivity index (χ1v) is 6.43. The molecule has 1 aromatic heterocycles. The van der Waals surface area contributed by atoms with Crippen molar-refractivity contribution >= 4 is 11.8 Å². The van der Waals surface area contributed by atoms with Crippen molar-refractivity contribution in [3.05, 3.63) is 47.7 Å². The second-order valence-corrected chi connectivity index (χ2v) is 4.47. The number of rotatable bonds is 4. The fourth-order valence-corrected chi connectivity index (χ4v) is 2.33. The smallest absolute Gasteiger partial charge is 0.346 e. The molecular weight excluding hydrogens is 272 g/mol. The van der Waals surface area contributed by atoms with E-state index in [2.05, 4.69) is 10.3 Å². The third-order valence-electron chi connectivity index (χ3n) is 3.28. The third kappa shape index (κ3) is 2.24. The number of carbonyl (C=O) groups excluding carboxylic acids is 1. The summed E-state index contributed by atoms with van der Waals surface area (Å²) < 4.78 is 15.9. The van der Waals surface area contributed by atoms with Crippen LogP contribution in [0.5, 0.6) is 11.5 Å². The molecule has 1 atom stereocenters. The molecule has 2 heterocycles. The van der Waals surface area contributed by atoms with Crippen LogP contribution in [0, 0.1) is 0 Å². The molecule has 0 aliphatic carbocycles. The molecule has 0 radical (unpaired) electrons. The number of benzene rings is 1. The van der Waals surface area contributed by atoms with Crippen molar-refractivity contribution in [1.82, 2.24) is 0 Å². The van der Waals surface area contributed by atoms with Gasteiger partial charge in [0.15, 0.2) is 11.5 Å². The van der Waals surface area contributed by atoms with Gasteiger partial charge in [0.05, 0.1) is 26.0 Å². The third-order valence-corrected chi connectivity index (χ3v) is 3.28. The maximum atomic E-state index is 12.1. The van der Waals surface area contributed by atoms with E-state index in [9.17, 15) is 4.79 Å². The summed E-state index contributed by atoms with van der Waals surface area (Å²) in [6, 6.07) is 9.15. The van der Waals surface area contributed by atoms with E-state index in [0.29, 0.717) is 17.1 Å². The van der Waals surface area contributed by atoms with Gasteiger partial charge in [-0.05, 0) is 18.2 Å². The van der Waals surface area contributed by atoms with E-state index in [-0.39, 0.29) is 0 Å². The molecule has 0 fully saturated rings. The lowest BCUT2D eigenvalue weighted by atomic mass is 10.1. The van der Waals surface area contributed by atoms with Crippen LogP contribution in [-0.2, 0) is 4.74 Å². The lowest BCUT2D eigenvalue weighted by molar-refractivity contribution is -0.361. The van der Waals surface area contributed by atoms with Gasteiger partial charge >= 0.3 is 5.97 Å². The summed E-state index contributed by atoms with van der Waals surface area (Å²) >= 11 is 0. The Balaban J connectivity index is 1.99. The van der Waals surface area contributed by atoms with E-state index in [1.165, 1.54) is 14.2 Å². The predicted molar refractivity (Wildman–Crippen MR) is 74.3 cm³/mol. The minimum atomic E-state index is -0.564. The highest BCUT2D eigenvalue weighted by atomic mass is 16.6. The second kappa shape index (κ2) is 5.32. The maximum absolute atomic E-state index is 12.1. The van der Waals surface area contributed by atoms with E-state index < -0.39 is 12.2 Å². The Kier molecular flexibility index (Phi) is 3.35. The van der Waals surface area contributed by atoms with Gasteiger partial charge in [-0.3, -0.25) is 0 Å². The molecule has 21 heavy (non-hydrogen) atoms. The molecule has 0 saturated heterocycles. The summed E-state index contributed by atoms with van der Waals surface area (Å²) in [5.74, 6) is 1.20. The minimum Gasteiger partial charge on any atom is -0.493 e. The van der Waals surface area contributed by atoms with Crippen molar-refractivity contribution in [3.8, 4) is 11.5 Å². The monoisotopic (exact) mass is 287 g/mol. The van der Waals surface area contributed by atoms with Crippen molar-refractivity contribution in [2.45, 2.75) is 6.23 Å². The minimum absolute atomic E-state index is 0.390. The number of aromatic amines is 1. The van der Waals surface area contributed by atoms with Gasteiger partial charge in [-0.25, -0.2) is 15.1 Å². The van der Waals surface area contributed by atoms with Gasteiger partial charge in [0.1, 0.15) is 5.56 Å². The SMILES string of the molecule is COc1ccc2c(c1OC)C(=O)O[C@H]2Nc1cccc[nH+]1. The average molecular weight is 287 g/mol. The Morgan fingerprint density at radius 3 is 2.71 bits per heavy atom. The molecule has 1 aromatic carbocycles. The van der Waals surface area contributed by atoms with E-state index in [0.717, 1.165) is 11.4 Å². The van der Waals surface area contributed by atoms with Crippen LogP contribution in [-0.4, -0.2) is 20.2 Å². The molecule has 6 nitrogen and oxygen atoms in total. The first-order chi connectivity index (χ1) is 10.2. The quantitative estimate of drug-likeness (QED) is 0.868. The van der Waals surface area contributed by atoms with Gasteiger partial charge in [-0.15, -0.1) is 0 Å². The van der Waals surface area contributed by atoms with Crippen LogP contribution in [0.4, 0.5) is 5.82 Å². The number of hydrogen-bond acceptors (Lipinski definition) is 5. The van der Waals surface area contributed by atoms with E-state index >= 15 is 0 Å². The number of fused-ring (bicyclic) bond motifs is 1. The van der Waals surface area contributed by atoms with Crippen LogP contribution in [0.25, 0.3) is 0 Å². The Labute approximate surface area is 121 Å². The summed E-state index contributed by atoms with van der Waals surface area (Å²) in [6.45, 7) is 0. The molecular formula is C15H15N2O4+. The maximum Gasteiger partial charge on any atom is 0.346 e. The molecule has 1 aliphatic rings. The molecule has 2 N–H and O–H groups in total. The predicted octanol–water partition coefficient (Wildman–Crippen LogP) is 1.80. The lowest BCUT2D eigenvalue weighted by Crippen LogP contribution is -2.17. The zero-order valence-electron chi connectivity index (χ0n) is 11.7. The Morgan fingerprint density at radius 1 is 1.19 bits per heavy atom. The molecule has 6 heteroatoms. The number of cyclic esters (lactones) is 1. The van der Waals surface area contributed by atoms with Crippen LogP contribution < -0.4 is 19.8 Å². The number of H-pyrrole nitrogens is 1. The number of methoxy groups -OCH3 is 2. The largest absolute Gasteiger partial charge is 0.493 e. The molecule has 0 unspecified atom stereocenters. The number of aromatic nitrogens is 1. The molecule has 2 aromatic rings. The highest BCUT2D eigenvalue weighted by Gasteiger charge is 2.38. The highest BCUT2D eigenvalue weighted by molar-refractivity contribution is 5.98. The van der Waals surface area contributed by atoms with E-state index in [1.54, 1.807) is 18.3 Å². The number of anilines is 1. The number of pyridine rings is 1. The van der Waals surface area contributed by atoms with Crippen molar-refractivity contribution in [3.63, 3.8) is 0 Å². The summed E-state index contributed by atoms with van der Waals surface area (Å²) in [7, 11) is 3.02. The van der Waals surface area contributed by atoms with Crippen LogP contribution >= 0.6 is 0 Å². The van der Waals surface area contributed by atoms with Crippen LogP contribution in [0.1, 0.15) is 22.1 Å². The number of nitrogens with one attached hydrogen (secondary N) is 2. The van der Waals surface area contributed by atoms with Gasteiger partial charge < -0.3 is 14.2 Å². The number of hydrogen-bond donors (Lipinski definition) is 1. The molecule has 108 valence electrons. The van der Waals surface area contributed by atoms with Crippen LogP contribution in [0.2, 0.25) is 0 Å². The van der Waals surface area contributed by atoms with Crippen molar-refractivity contribution in [1.29, 1.82) is 0 Å². The number of esters is 1. The first kappa shape index (κ1) is 13.2. The fourth-order valence-electron chi connectivity index (χ4n) is 2.33. The summed E-state index contributed by atoms with van der Waals surface area (Å²) in [4.78, 5) is 15.1. The molecule has 0 bridgehead atoms. The summed E-state index contributed by atoms with van der Waals surface area (Å²) in [6.07, 6.45) is 1.22. The van der Waals surface area contributed by atoms with Crippen molar-refractivity contribution < 1.29 is 24.0 Å². The summed E-state index contributed by atoms with van der Waals surface area (Å²) in [5, 5.41) is 3.12. The van der Waals surface area contributed by atoms with Gasteiger partial charge in [0.25, 0.3) is 12.0 Å². The van der Waals surface area contributed by atoms with Crippen molar-refractivity contribution in [2.24, 2.45) is 0 Å². The fraction of sp³-hybridized carbons (Fsp3) is 0.200. The second-order valence-electron chi connectivity index (χ2n) is 4.47. The molecule has 0 amide bonds. The lowest BCUT2D eigenvalue weighted by Gasteiger charge is -2.10. The standard InChI is InChI=1S/C15H14N2O4/c1-19-10-7-6-9-12(13(10)20-2)15(18)21-14(9)17-11-5-3-4-8-16-11/h3-8,14H,1-2H3,(H,16,17)/p+1/t14-/m1/s1.